The Morgan fingerprint density at radius 2 is 2.08 bits per heavy atom. The Balaban J connectivity index is 1.63. The summed E-state index contributed by atoms with van der Waals surface area (Å²) < 4.78 is 0. The van der Waals surface area contributed by atoms with Gasteiger partial charge in [0.1, 0.15) is 5.82 Å². The Bertz CT molecular complexity index is 817. The van der Waals surface area contributed by atoms with Gasteiger partial charge in [0, 0.05) is 42.7 Å². The van der Waals surface area contributed by atoms with Crippen molar-refractivity contribution in [3.8, 4) is 11.4 Å². The third kappa shape index (κ3) is 3.16. The molecule has 0 saturated heterocycles. The van der Waals surface area contributed by atoms with Gasteiger partial charge in [0.05, 0.1) is 5.69 Å². The summed E-state index contributed by atoms with van der Waals surface area (Å²) in [5.41, 5.74) is 4.62. The van der Waals surface area contributed by atoms with Crippen LogP contribution in [0.3, 0.4) is 0 Å². The van der Waals surface area contributed by atoms with Gasteiger partial charge in [-0.2, -0.15) is 11.3 Å². The van der Waals surface area contributed by atoms with E-state index in [0.717, 1.165) is 42.4 Å². The van der Waals surface area contributed by atoms with Gasteiger partial charge in [0.15, 0.2) is 5.82 Å². The van der Waals surface area contributed by atoms with Gasteiger partial charge in [-0.05, 0) is 47.9 Å². The van der Waals surface area contributed by atoms with E-state index < -0.39 is 0 Å². The van der Waals surface area contributed by atoms with Gasteiger partial charge in [0.25, 0.3) is 0 Å². The second-order valence-electron chi connectivity index (χ2n) is 6.04. The van der Waals surface area contributed by atoms with Crippen molar-refractivity contribution in [1.82, 2.24) is 20.3 Å². The van der Waals surface area contributed by atoms with Crippen molar-refractivity contribution in [3.05, 3.63) is 58.2 Å². The quantitative estimate of drug-likeness (QED) is 0.748. The average molecular weight is 337 g/mol. The minimum atomic E-state index is 0.310. The van der Waals surface area contributed by atoms with Crippen LogP contribution in [0.2, 0.25) is 0 Å². The van der Waals surface area contributed by atoms with E-state index in [-0.39, 0.29) is 0 Å². The molecule has 6 heteroatoms. The molecular formula is C18H19N5S. The molecule has 2 N–H and O–H groups in total. The minimum absolute atomic E-state index is 0.310. The molecule has 0 spiro atoms. The summed E-state index contributed by atoms with van der Waals surface area (Å²) in [6.07, 6.45) is 4.53. The molecule has 3 aromatic heterocycles. The number of aromatic nitrogens is 3. The summed E-state index contributed by atoms with van der Waals surface area (Å²) in [4.78, 5) is 13.6. The number of hydrogen-bond acceptors (Lipinski definition) is 6. The lowest BCUT2D eigenvalue weighted by molar-refractivity contribution is 0.754. The van der Waals surface area contributed by atoms with E-state index in [2.05, 4.69) is 39.4 Å². The van der Waals surface area contributed by atoms with Crippen molar-refractivity contribution >= 4 is 17.2 Å². The molecule has 0 fully saturated rings. The molecule has 0 bridgehead atoms. The first kappa shape index (κ1) is 15.2. The number of pyridine rings is 1. The highest BCUT2D eigenvalue weighted by Crippen LogP contribution is 2.26. The van der Waals surface area contributed by atoms with Crippen LogP contribution in [0, 0.1) is 0 Å². The third-order valence-corrected chi connectivity index (χ3v) is 4.86. The number of nitrogens with one attached hydrogen (secondary N) is 2. The van der Waals surface area contributed by atoms with Crippen LogP contribution in [0.4, 0.5) is 5.82 Å². The lowest BCUT2D eigenvalue weighted by atomic mass is 10.1. The van der Waals surface area contributed by atoms with Crippen molar-refractivity contribution in [2.24, 2.45) is 0 Å². The normalized spacial score (nSPS) is 14.4. The van der Waals surface area contributed by atoms with E-state index in [4.69, 9.17) is 9.97 Å². The highest BCUT2D eigenvalue weighted by molar-refractivity contribution is 7.07. The Labute approximate surface area is 145 Å². The van der Waals surface area contributed by atoms with E-state index in [0.29, 0.717) is 6.04 Å². The number of fused-ring (bicyclic) bond motifs is 1. The van der Waals surface area contributed by atoms with Crippen LogP contribution in [-0.4, -0.2) is 21.0 Å². The maximum absolute atomic E-state index is 4.80. The molecule has 0 saturated carbocycles. The van der Waals surface area contributed by atoms with Crippen LogP contribution >= 0.6 is 11.3 Å². The number of hydrogen-bond donors (Lipinski definition) is 2. The van der Waals surface area contributed by atoms with E-state index in [9.17, 15) is 0 Å². The molecule has 4 rings (SSSR count). The first-order valence-electron chi connectivity index (χ1n) is 8.08. The Morgan fingerprint density at radius 3 is 2.88 bits per heavy atom. The molecule has 122 valence electrons. The number of anilines is 1. The largest absolute Gasteiger partial charge is 0.367 e. The fourth-order valence-electron chi connectivity index (χ4n) is 2.96. The molecule has 5 nitrogen and oxygen atoms in total. The first-order valence-corrected chi connectivity index (χ1v) is 9.02. The SMILES string of the molecule is CC(Cc1ccsc1)Nc1nc(-c2ccncc2)nc2c1CNC2. The predicted octanol–water partition coefficient (Wildman–Crippen LogP) is 3.25. The summed E-state index contributed by atoms with van der Waals surface area (Å²) in [7, 11) is 0. The standard InChI is InChI=1S/C18H19N5S/c1-12(8-13-4-7-24-11-13)21-18-15-9-20-10-16(15)22-17(23-18)14-2-5-19-6-3-14/h2-7,11-12,20H,8-10H2,1H3,(H,21,22,23). The first-order chi connectivity index (χ1) is 11.8. The summed E-state index contributed by atoms with van der Waals surface area (Å²) in [5, 5.41) is 11.3. The lowest BCUT2D eigenvalue weighted by Gasteiger charge is -2.17. The fourth-order valence-corrected chi connectivity index (χ4v) is 3.65. The van der Waals surface area contributed by atoms with Crippen molar-refractivity contribution < 1.29 is 0 Å². The number of thiophene rings is 1. The monoisotopic (exact) mass is 337 g/mol. The van der Waals surface area contributed by atoms with Gasteiger partial charge in [-0.1, -0.05) is 0 Å². The zero-order valence-electron chi connectivity index (χ0n) is 13.5. The van der Waals surface area contributed by atoms with Gasteiger partial charge in [-0.15, -0.1) is 0 Å². The summed E-state index contributed by atoms with van der Waals surface area (Å²) in [6.45, 7) is 3.81. The van der Waals surface area contributed by atoms with Crippen LogP contribution in [-0.2, 0) is 19.5 Å². The topological polar surface area (TPSA) is 62.7 Å². The molecule has 24 heavy (non-hydrogen) atoms. The molecule has 1 aliphatic heterocycles. The average Bonchev–Trinajstić information content (AvgIpc) is 3.27. The molecule has 1 aliphatic rings. The van der Waals surface area contributed by atoms with E-state index >= 15 is 0 Å². The van der Waals surface area contributed by atoms with Crippen LogP contribution < -0.4 is 10.6 Å². The lowest BCUT2D eigenvalue weighted by Crippen LogP contribution is -2.20. The van der Waals surface area contributed by atoms with Crippen molar-refractivity contribution in [2.75, 3.05) is 5.32 Å². The predicted molar refractivity (Wildman–Crippen MR) is 96.9 cm³/mol. The second kappa shape index (κ2) is 6.67. The molecule has 0 aliphatic carbocycles. The Morgan fingerprint density at radius 1 is 1.21 bits per heavy atom. The zero-order chi connectivity index (χ0) is 16.4. The van der Waals surface area contributed by atoms with Gasteiger partial charge < -0.3 is 10.6 Å². The van der Waals surface area contributed by atoms with E-state index in [1.807, 2.05) is 12.1 Å². The number of nitrogens with zero attached hydrogens (tertiary/aromatic N) is 3. The molecule has 0 aromatic carbocycles. The molecule has 0 amide bonds. The molecule has 3 aromatic rings. The third-order valence-electron chi connectivity index (χ3n) is 4.13. The Hall–Kier alpha value is -2.31. The van der Waals surface area contributed by atoms with Crippen LogP contribution in [0.1, 0.15) is 23.7 Å². The molecule has 1 unspecified atom stereocenters. The molecule has 4 heterocycles. The molecule has 1 atom stereocenters. The van der Waals surface area contributed by atoms with Gasteiger partial charge in [-0.3, -0.25) is 4.98 Å². The van der Waals surface area contributed by atoms with Crippen molar-refractivity contribution in [1.29, 1.82) is 0 Å². The van der Waals surface area contributed by atoms with Crippen LogP contribution in [0.5, 0.6) is 0 Å². The van der Waals surface area contributed by atoms with Crippen molar-refractivity contribution in [2.45, 2.75) is 32.5 Å². The Kier molecular flexibility index (Phi) is 4.23. The van der Waals surface area contributed by atoms with Gasteiger partial charge >= 0.3 is 0 Å². The minimum Gasteiger partial charge on any atom is -0.367 e. The van der Waals surface area contributed by atoms with Gasteiger partial charge in [0.2, 0.25) is 0 Å². The van der Waals surface area contributed by atoms with Crippen LogP contribution in [0.15, 0.2) is 41.4 Å². The van der Waals surface area contributed by atoms with Crippen molar-refractivity contribution in [3.63, 3.8) is 0 Å². The van der Waals surface area contributed by atoms with E-state index in [1.165, 1.54) is 11.1 Å². The summed E-state index contributed by atoms with van der Waals surface area (Å²) in [6, 6.07) is 6.38. The molecule has 0 radical (unpaired) electrons. The maximum atomic E-state index is 4.80. The maximum Gasteiger partial charge on any atom is 0.161 e. The summed E-state index contributed by atoms with van der Waals surface area (Å²) >= 11 is 1.74. The molecular weight excluding hydrogens is 318 g/mol. The van der Waals surface area contributed by atoms with Gasteiger partial charge in [-0.25, -0.2) is 9.97 Å². The second-order valence-corrected chi connectivity index (χ2v) is 6.82. The zero-order valence-corrected chi connectivity index (χ0v) is 14.3. The number of rotatable bonds is 5. The van der Waals surface area contributed by atoms with Crippen LogP contribution in [0.25, 0.3) is 11.4 Å². The highest BCUT2D eigenvalue weighted by atomic mass is 32.1. The smallest absolute Gasteiger partial charge is 0.161 e. The summed E-state index contributed by atoms with van der Waals surface area (Å²) in [5.74, 6) is 1.70. The van der Waals surface area contributed by atoms with E-state index in [1.54, 1.807) is 23.7 Å². The highest BCUT2D eigenvalue weighted by Gasteiger charge is 2.20. The fraction of sp³-hybridized carbons (Fsp3) is 0.278.